The lowest BCUT2D eigenvalue weighted by molar-refractivity contribution is 0.0660. The molecule has 7 nitrogen and oxygen atoms in total. The van der Waals surface area contributed by atoms with Crippen molar-refractivity contribution < 1.29 is 19.1 Å². The van der Waals surface area contributed by atoms with Gasteiger partial charge in [0.1, 0.15) is 5.76 Å². The molecule has 0 saturated heterocycles. The van der Waals surface area contributed by atoms with Crippen molar-refractivity contribution in [1.82, 2.24) is 15.5 Å². The summed E-state index contributed by atoms with van der Waals surface area (Å²) in [5.74, 6) is -0.845. The van der Waals surface area contributed by atoms with Crippen LogP contribution in [0.2, 0.25) is 0 Å². The van der Waals surface area contributed by atoms with Crippen LogP contribution in [-0.4, -0.2) is 49.2 Å². The van der Waals surface area contributed by atoms with Gasteiger partial charge in [0.25, 0.3) is 0 Å². The molecule has 0 aliphatic carbocycles. The molecule has 0 radical (unpaired) electrons. The summed E-state index contributed by atoms with van der Waals surface area (Å²) in [5, 5.41) is 14.4. The van der Waals surface area contributed by atoms with Crippen molar-refractivity contribution in [3.63, 3.8) is 0 Å². The molecule has 3 N–H and O–H groups in total. The van der Waals surface area contributed by atoms with Gasteiger partial charge in [0.05, 0.1) is 6.54 Å². The van der Waals surface area contributed by atoms with Crippen LogP contribution in [0.5, 0.6) is 0 Å². The molecule has 106 valence electrons. The minimum atomic E-state index is -1.12. The van der Waals surface area contributed by atoms with Crippen LogP contribution in [0.1, 0.15) is 22.7 Å². The van der Waals surface area contributed by atoms with Crippen molar-refractivity contribution in [3.05, 3.63) is 23.7 Å². The van der Waals surface area contributed by atoms with Gasteiger partial charge in [-0.3, -0.25) is 0 Å². The summed E-state index contributed by atoms with van der Waals surface area (Å²) in [6.45, 7) is 1.66. The molecular weight excluding hydrogens is 250 g/mol. The SMILES string of the molecule is CNCCCN(C)C(=O)NCc1ccc(C(=O)O)o1. The lowest BCUT2D eigenvalue weighted by Gasteiger charge is -2.17. The van der Waals surface area contributed by atoms with Crippen molar-refractivity contribution in [2.75, 3.05) is 27.2 Å². The predicted molar refractivity (Wildman–Crippen MR) is 69.1 cm³/mol. The van der Waals surface area contributed by atoms with Crippen LogP contribution in [-0.2, 0) is 6.54 Å². The maximum absolute atomic E-state index is 11.7. The second-order valence-corrected chi connectivity index (χ2v) is 4.11. The Bertz CT molecular complexity index is 430. The summed E-state index contributed by atoms with van der Waals surface area (Å²) in [5.41, 5.74) is 0. The monoisotopic (exact) mass is 269 g/mol. The highest BCUT2D eigenvalue weighted by molar-refractivity contribution is 5.84. The minimum absolute atomic E-state index is 0.133. The first-order valence-electron chi connectivity index (χ1n) is 6.00. The van der Waals surface area contributed by atoms with E-state index in [2.05, 4.69) is 10.6 Å². The van der Waals surface area contributed by atoms with E-state index in [9.17, 15) is 9.59 Å². The number of carbonyl (C=O) groups excluding carboxylic acids is 1. The molecule has 0 aliphatic rings. The molecule has 7 heteroatoms. The highest BCUT2D eigenvalue weighted by Crippen LogP contribution is 2.07. The van der Waals surface area contributed by atoms with Crippen LogP contribution in [0.25, 0.3) is 0 Å². The zero-order valence-corrected chi connectivity index (χ0v) is 11.1. The Balaban J connectivity index is 2.34. The summed E-state index contributed by atoms with van der Waals surface area (Å²) in [4.78, 5) is 23.9. The molecule has 0 bridgehead atoms. The van der Waals surface area contributed by atoms with Gasteiger partial charge in [-0.05, 0) is 32.1 Å². The Morgan fingerprint density at radius 3 is 2.74 bits per heavy atom. The van der Waals surface area contributed by atoms with Crippen LogP contribution >= 0.6 is 0 Å². The topological polar surface area (TPSA) is 94.8 Å². The molecule has 0 unspecified atom stereocenters. The van der Waals surface area contributed by atoms with Crippen LogP contribution in [0.4, 0.5) is 4.79 Å². The predicted octanol–water partition coefficient (Wildman–Crippen LogP) is 0.729. The van der Waals surface area contributed by atoms with E-state index in [0.29, 0.717) is 12.3 Å². The number of carboxylic acids is 1. The fraction of sp³-hybridized carbons (Fsp3) is 0.500. The number of carbonyl (C=O) groups is 2. The van der Waals surface area contributed by atoms with E-state index < -0.39 is 5.97 Å². The van der Waals surface area contributed by atoms with Gasteiger partial charge in [0.15, 0.2) is 0 Å². The van der Waals surface area contributed by atoms with Crippen molar-refractivity contribution in [2.24, 2.45) is 0 Å². The highest BCUT2D eigenvalue weighted by Gasteiger charge is 2.11. The van der Waals surface area contributed by atoms with Crippen LogP contribution in [0.3, 0.4) is 0 Å². The van der Waals surface area contributed by atoms with Crippen molar-refractivity contribution in [1.29, 1.82) is 0 Å². The summed E-state index contributed by atoms with van der Waals surface area (Å²) < 4.78 is 5.03. The van der Waals surface area contributed by atoms with Gasteiger partial charge in [-0.25, -0.2) is 9.59 Å². The molecule has 0 saturated carbocycles. The highest BCUT2D eigenvalue weighted by atomic mass is 16.4. The molecule has 0 fully saturated rings. The second kappa shape index (κ2) is 7.42. The number of aromatic carboxylic acids is 1. The second-order valence-electron chi connectivity index (χ2n) is 4.11. The van der Waals surface area contributed by atoms with E-state index in [1.807, 2.05) is 7.05 Å². The molecule has 2 amide bonds. The quantitative estimate of drug-likeness (QED) is 0.634. The normalized spacial score (nSPS) is 10.2. The molecule has 1 rings (SSSR count). The Morgan fingerprint density at radius 1 is 1.42 bits per heavy atom. The summed E-state index contributed by atoms with van der Waals surface area (Å²) in [6, 6.07) is 2.68. The number of nitrogens with zero attached hydrogens (tertiary/aromatic N) is 1. The van der Waals surface area contributed by atoms with Crippen molar-refractivity contribution in [3.8, 4) is 0 Å². The molecule has 1 aromatic rings. The van der Waals surface area contributed by atoms with E-state index in [4.69, 9.17) is 9.52 Å². The Kier molecular flexibility index (Phi) is 5.87. The van der Waals surface area contributed by atoms with E-state index in [1.165, 1.54) is 12.1 Å². The van der Waals surface area contributed by atoms with Gasteiger partial charge in [-0.15, -0.1) is 0 Å². The van der Waals surface area contributed by atoms with Gasteiger partial charge in [0.2, 0.25) is 5.76 Å². The number of urea groups is 1. The van der Waals surface area contributed by atoms with Gasteiger partial charge >= 0.3 is 12.0 Å². The van der Waals surface area contributed by atoms with E-state index >= 15 is 0 Å². The number of amides is 2. The van der Waals surface area contributed by atoms with Crippen LogP contribution < -0.4 is 10.6 Å². The molecular formula is C12H19N3O4. The minimum Gasteiger partial charge on any atom is -0.475 e. The average molecular weight is 269 g/mol. The zero-order valence-electron chi connectivity index (χ0n) is 11.1. The number of carboxylic acid groups (broad SMARTS) is 1. The van der Waals surface area contributed by atoms with Crippen LogP contribution in [0.15, 0.2) is 16.5 Å². The molecule has 0 aromatic carbocycles. The largest absolute Gasteiger partial charge is 0.475 e. The maximum atomic E-state index is 11.7. The summed E-state index contributed by atoms with van der Waals surface area (Å²) in [6.07, 6.45) is 0.865. The third-order valence-corrected chi connectivity index (χ3v) is 2.55. The van der Waals surface area contributed by atoms with Gasteiger partial charge in [-0.2, -0.15) is 0 Å². The Morgan fingerprint density at radius 2 is 2.16 bits per heavy atom. The van der Waals surface area contributed by atoms with E-state index in [1.54, 1.807) is 11.9 Å². The molecule has 0 aliphatic heterocycles. The lowest BCUT2D eigenvalue weighted by atomic mass is 10.4. The van der Waals surface area contributed by atoms with Crippen LogP contribution in [0, 0.1) is 0 Å². The first-order valence-corrected chi connectivity index (χ1v) is 6.00. The number of hydrogen-bond acceptors (Lipinski definition) is 4. The van der Waals surface area contributed by atoms with Gasteiger partial charge < -0.3 is 25.1 Å². The molecule has 0 spiro atoms. The number of hydrogen-bond donors (Lipinski definition) is 3. The van der Waals surface area contributed by atoms with Gasteiger partial charge in [0, 0.05) is 13.6 Å². The Labute approximate surface area is 111 Å². The lowest BCUT2D eigenvalue weighted by Crippen LogP contribution is -2.38. The Hall–Kier alpha value is -2.02. The maximum Gasteiger partial charge on any atom is 0.371 e. The average Bonchev–Trinajstić information content (AvgIpc) is 2.85. The fourth-order valence-electron chi connectivity index (χ4n) is 1.48. The van der Waals surface area contributed by atoms with Gasteiger partial charge in [-0.1, -0.05) is 0 Å². The van der Waals surface area contributed by atoms with E-state index in [-0.39, 0.29) is 18.3 Å². The van der Waals surface area contributed by atoms with Crippen molar-refractivity contribution in [2.45, 2.75) is 13.0 Å². The fourth-order valence-corrected chi connectivity index (χ4v) is 1.48. The third kappa shape index (κ3) is 5.01. The first kappa shape index (κ1) is 15.0. The first-order chi connectivity index (χ1) is 9.04. The number of rotatable bonds is 7. The number of nitrogens with one attached hydrogen (secondary N) is 2. The van der Waals surface area contributed by atoms with E-state index in [0.717, 1.165) is 13.0 Å². The molecule has 1 aromatic heterocycles. The summed E-state index contributed by atoms with van der Waals surface area (Å²) in [7, 11) is 3.56. The zero-order chi connectivity index (χ0) is 14.3. The summed E-state index contributed by atoms with van der Waals surface area (Å²) >= 11 is 0. The standard InChI is InChI=1S/C12H19N3O4/c1-13-6-3-7-15(2)12(18)14-8-9-4-5-10(19-9)11(16)17/h4-5,13H,3,6-8H2,1-2H3,(H,14,18)(H,16,17). The smallest absolute Gasteiger partial charge is 0.371 e. The van der Waals surface area contributed by atoms with Crippen molar-refractivity contribution >= 4 is 12.0 Å². The molecule has 0 atom stereocenters. The third-order valence-electron chi connectivity index (χ3n) is 2.55. The molecule has 19 heavy (non-hydrogen) atoms. The molecule has 1 heterocycles. The number of furan rings is 1.